The van der Waals surface area contributed by atoms with Gasteiger partial charge < -0.3 is 15.4 Å². The summed E-state index contributed by atoms with van der Waals surface area (Å²) in [5, 5.41) is 6.66. The summed E-state index contributed by atoms with van der Waals surface area (Å²) in [4.78, 5) is 28.5. The molecule has 2 amide bonds. The first-order valence-corrected chi connectivity index (χ1v) is 8.57. The molecule has 1 aromatic carbocycles. The lowest BCUT2D eigenvalue weighted by Crippen LogP contribution is -2.40. The first-order chi connectivity index (χ1) is 12.1. The molecule has 6 heteroatoms. The molecule has 1 fully saturated rings. The molecular weight excluding hydrogens is 318 g/mol. The second kappa shape index (κ2) is 7.51. The molecular formula is C19H23N3O3. The Morgan fingerprint density at radius 2 is 1.92 bits per heavy atom. The van der Waals surface area contributed by atoms with Crippen LogP contribution in [0.3, 0.4) is 0 Å². The first-order valence-electron chi connectivity index (χ1n) is 8.57. The van der Waals surface area contributed by atoms with E-state index in [9.17, 15) is 9.59 Å². The standard InChI is InChI=1S/C19H23N3O3/c1-20-18(23)12-3-6-15(7-4-12)22-19(24)14-9-13-5-8-16(25-2)10-17(13)21-11-14/h5,8-12,15H,3-4,6-7H2,1-2H3,(H,20,23)(H,22,24). The Labute approximate surface area is 147 Å². The van der Waals surface area contributed by atoms with E-state index in [0.29, 0.717) is 5.56 Å². The predicted octanol–water partition coefficient (Wildman–Crippen LogP) is 2.28. The molecule has 6 nitrogen and oxygen atoms in total. The zero-order valence-corrected chi connectivity index (χ0v) is 14.5. The Morgan fingerprint density at radius 1 is 1.16 bits per heavy atom. The molecule has 132 valence electrons. The van der Waals surface area contributed by atoms with Gasteiger partial charge in [-0.3, -0.25) is 14.6 Å². The van der Waals surface area contributed by atoms with E-state index in [2.05, 4.69) is 15.6 Å². The number of fused-ring (bicyclic) bond motifs is 1. The van der Waals surface area contributed by atoms with Crippen LogP contribution in [0, 0.1) is 5.92 Å². The van der Waals surface area contributed by atoms with E-state index in [1.165, 1.54) is 0 Å². The van der Waals surface area contributed by atoms with Crippen molar-refractivity contribution in [2.24, 2.45) is 5.92 Å². The van der Waals surface area contributed by atoms with Crippen molar-refractivity contribution in [3.63, 3.8) is 0 Å². The summed E-state index contributed by atoms with van der Waals surface area (Å²) in [6.45, 7) is 0. The summed E-state index contributed by atoms with van der Waals surface area (Å²) in [6, 6.07) is 7.54. The van der Waals surface area contributed by atoms with Crippen LogP contribution in [0.2, 0.25) is 0 Å². The van der Waals surface area contributed by atoms with Gasteiger partial charge in [0.05, 0.1) is 18.2 Å². The molecule has 1 aromatic heterocycles. The lowest BCUT2D eigenvalue weighted by Gasteiger charge is -2.28. The van der Waals surface area contributed by atoms with Gasteiger partial charge in [-0.25, -0.2) is 0 Å². The fourth-order valence-corrected chi connectivity index (χ4v) is 3.33. The average molecular weight is 341 g/mol. The lowest BCUT2D eigenvalue weighted by molar-refractivity contribution is -0.125. The molecule has 0 atom stereocenters. The molecule has 0 spiro atoms. The number of nitrogens with one attached hydrogen (secondary N) is 2. The van der Waals surface area contributed by atoms with Gasteiger partial charge in [0.2, 0.25) is 5.91 Å². The van der Waals surface area contributed by atoms with Gasteiger partial charge >= 0.3 is 0 Å². The molecule has 25 heavy (non-hydrogen) atoms. The van der Waals surface area contributed by atoms with E-state index >= 15 is 0 Å². The van der Waals surface area contributed by atoms with Crippen LogP contribution in [0.25, 0.3) is 10.9 Å². The number of hydrogen-bond donors (Lipinski definition) is 2. The van der Waals surface area contributed by atoms with Crippen LogP contribution in [0.5, 0.6) is 5.75 Å². The Balaban J connectivity index is 1.64. The monoisotopic (exact) mass is 341 g/mol. The minimum absolute atomic E-state index is 0.0652. The van der Waals surface area contributed by atoms with Gasteiger partial charge in [0, 0.05) is 36.7 Å². The van der Waals surface area contributed by atoms with Crippen molar-refractivity contribution in [1.82, 2.24) is 15.6 Å². The van der Waals surface area contributed by atoms with Gasteiger partial charge in [-0.15, -0.1) is 0 Å². The number of methoxy groups -OCH3 is 1. The summed E-state index contributed by atoms with van der Waals surface area (Å²) < 4.78 is 5.19. The van der Waals surface area contributed by atoms with Crippen LogP contribution in [-0.2, 0) is 4.79 Å². The highest BCUT2D eigenvalue weighted by molar-refractivity contribution is 5.97. The van der Waals surface area contributed by atoms with Crippen molar-refractivity contribution in [2.45, 2.75) is 31.7 Å². The third-order valence-corrected chi connectivity index (χ3v) is 4.83. The number of benzene rings is 1. The fourth-order valence-electron chi connectivity index (χ4n) is 3.33. The van der Waals surface area contributed by atoms with E-state index in [0.717, 1.165) is 42.3 Å². The highest BCUT2D eigenvalue weighted by Crippen LogP contribution is 2.25. The molecule has 1 aliphatic rings. The Hall–Kier alpha value is -2.63. The highest BCUT2D eigenvalue weighted by Gasteiger charge is 2.26. The molecule has 0 saturated heterocycles. The number of aromatic nitrogens is 1. The number of pyridine rings is 1. The molecule has 2 aromatic rings. The number of carbonyl (C=O) groups is 2. The van der Waals surface area contributed by atoms with Crippen LogP contribution in [0.4, 0.5) is 0 Å². The van der Waals surface area contributed by atoms with Gasteiger partial charge in [-0.1, -0.05) is 0 Å². The van der Waals surface area contributed by atoms with Crippen LogP contribution < -0.4 is 15.4 Å². The number of amides is 2. The Bertz CT molecular complexity index is 783. The topological polar surface area (TPSA) is 80.3 Å². The third-order valence-electron chi connectivity index (χ3n) is 4.83. The van der Waals surface area contributed by atoms with E-state index in [1.54, 1.807) is 20.4 Å². The molecule has 0 radical (unpaired) electrons. The molecule has 0 aliphatic heterocycles. The number of carbonyl (C=O) groups excluding carboxylic acids is 2. The fraction of sp³-hybridized carbons (Fsp3) is 0.421. The molecule has 3 rings (SSSR count). The predicted molar refractivity (Wildman–Crippen MR) is 95.6 cm³/mol. The van der Waals surface area contributed by atoms with Gasteiger partial charge in [-0.2, -0.15) is 0 Å². The minimum Gasteiger partial charge on any atom is -0.497 e. The maximum absolute atomic E-state index is 12.5. The SMILES string of the molecule is CNC(=O)C1CCC(NC(=O)c2cnc3cc(OC)ccc3c2)CC1. The zero-order chi connectivity index (χ0) is 17.8. The highest BCUT2D eigenvalue weighted by atomic mass is 16.5. The van der Waals surface area contributed by atoms with Gasteiger partial charge in [0.1, 0.15) is 5.75 Å². The molecule has 2 N–H and O–H groups in total. The molecule has 0 bridgehead atoms. The smallest absolute Gasteiger partial charge is 0.253 e. The van der Waals surface area contributed by atoms with Crippen molar-refractivity contribution in [3.8, 4) is 5.75 Å². The van der Waals surface area contributed by atoms with Crippen LogP contribution in [-0.4, -0.2) is 37.0 Å². The van der Waals surface area contributed by atoms with Gasteiger partial charge in [-0.05, 0) is 43.9 Å². The van der Waals surface area contributed by atoms with E-state index < -0.39 is 0 Å². The Morgan fingerprint density at radius 3 is 2.60 bits per heavy atom. The molecule has 1 heterocycles. The number of hydrogen-bond acceptors (Lipinski definition) is 4. The summed E-state index contributed by atoms with van der Waals surface area (Å²) in [6.07, 6.45) is 4.85. The largest absolute Gasteiger partial charge is 0.497 e. The second-order valence-electron chi connectivity index (χ2n) is 6.42. The first kappa shape index (κ1) is 17.2. The van der Waals surface area contributed by atoms with Crippen LogP contribution in [0.1, 0.15) is 36.0 Å². The van der Waals surface area contributed by atoms with Crippen molar-refractivity contribution < 1.29 is 14.3 Å². The minimum atomic E-state index is -0.117. The maximum Gasteiger partial charge on any atom is 0.253 e. The summed E-state index contributed by atoms with van der Waals surface area (Å²) >= 11 is 0. The van der Waals surface area contributed by atoms with Crippen LogP contribution >= 0.6 is 0 Å². The lowest BCUT2D eigenvalue weighted by atomic mass is 9.85. The zero-order valence-electron chi connectivity index (χ0n) is 14.5. The van der Waals surface area contributed by atoms with Crippen molar-refractivity contribution in [2.75, 3.05) is 14.2 Å². The maximum atomic E-state index is 12.5. The molecule has 0 unspecified atom stereocenters. The van der Waals surface area contributed by atoms with E-state index in [-0.39, 0.29) is 23.8 Å². The molecule has 1 saturated carbocycles. The Kier molecular flexibility index (Phi) is 5.16. The normalized spacial score (nSPS) is 20.1. The number of nitrogens with zero attached hydrogens (tertiary/aromatic N) is 1. The van der Waals surface area contributed by atoms with Gasteiger partial charge in [0.15, 0.2) is 0 Å². The molecule has 1 aliphatic carbocycles. The quantitative estimate of drug-likeness (QED) is 0.894. The second-order valence-corrected chi connectivity index (χ2v) is 6.42. The summed E-state index contributed by atoms with van der Waals surface area (Å²) in [5.41, 5.74) is 1.34. The van der Waals surface area contributed by atoms with Crippen molar-refractivity contribution >= 4 is 22.7 Å². The van der Waals surface area contributed by atoms with E-state index in [4.69, 9.17) is 4.74 Å². The van der Waals surface area contributed by atoms with Gasteiger partial charge in [0.25, 0.3) is 5.91 Å². The summed E-state index contributed by atoms with van der Waals surface area (Å²) in [7, 11) is 3.28. The van der Waals surface area contributed by atoms with Crippen molar-refractivity contribution in [3.05, 3.63) is 36.0 Å². The number of ether oxygens (including phenoxy) is 1. The van der Waals surface area contributed by atoms with Crippen LogP contribution in [0.15, 0.2) is 30.5 Å². The third kappa shape index (κ3) is 3.90. The van der Waals surface area contributed by atoms with E-state index in [1.807, 2.05) is 24.3 Å². The summed E-state index contributed by atoms with van der Waals surface area (Å²) in [5.74, 6) is 0.785. The van der Waals surface area contributed by atoms with Crippen molar-refractivity contribution in [1.29, 1.82) is 0 Å². The number of rotatable bonds is 4. The average Bonchev–Trinajstić information content (AvgIpc) is 2.67.